The lowest BCUT2D eigenvalue weighted by molar-refractivity contribution is -0.131. The smallest absolute Gasteiger partial charge is 0.243 e. The van der Waals surface area contributed by atoms with Crippen LogP contribution in [0.4, 0.5) is 10.1 Å². The SMILES string of the molecule is CC1(C)C=C(c2ccccc2)c2cc(F)ccc2N2CCC(=O)N21. The molecule has 4 heteroatoms. The van der Waals surface area contributed by atoms with Crippen molar-refractivity contribution >= 4 is 17.2 Å². The zero-order chi connectivity index (χ0) is 16.9. The van der Waals surface area contributed by atoms with E-state index in [4.69, 9.17) is 0 Å². The summed E-state index contributed by atoms with van der Waals surface area (Å²) in [5.74, 6) is -0.173. The van der Waals surface area contributed by atoms with E-state index in [1.54, 1.807) is 17.1 Å². The third-order valence-electron chi connectivity index (χ3n) is 4.67. The summed E-state index contributed by atoms with van der Waals surface area (Å²) in [6.45, 7) is 4.67. The van der Waals surface area contributed by atoms with Crippen LogP contribution in [0.3, 0.4) is 0 Å². The van der Waals surface area contributed by atoms with Crippen LogP contribution in [-0.2, 0) is 4.79 Å². The van der Waals surface area contributed by atoms with Gasteiger partial charge in [0.25, 0.3) is 0 Å². The minimum atomic E-state index is -0.492. The second-order valence-corrected chi connectivity index (χ2v) is 6.82. The summed E-state index contributed by atoms with van der Waals surface area (Å²) in [4.78, 5) is 12.5. The first-order valence-electron chi connectivity index (χ1n) is 8.16. The number of amides is 1. The van der Waals surface area contributed by atoms with Gasteiger partial charge in [-0.05, 0) is 49.3 Å². The third-order valence-corrected chi connectivity index (χ3v) is 4.67. The number of hydrogen-bond acceptors (Lipinski definition) is 2. The molecule has 2 aromatic rings. The molecule has 3 nitrogen and oxygen atoms in total. The molecule has 1 saturated heterocycles. The van der Waals surface area contributed by atoms with Gasteiger partial charge >= 0.3 is 0 Å². The molecule has 2 aliphatic heterocycles. The first-order chi connectivity index (χ1) is 11.5. The maximum Gasteiger partial charge on any atom is 0.243 e. The van der Waals surface area contributed by atoms with E-state index in [2.05, 4.69) is 6.08 Å². The molecule has 24 heavy (non-hydrogen) atoms. The number of halogens is 1. The molecule has 0 spiro atoms. The largest absolute Gasteiger partial charge is 0.281 e. The number of fused-ring (bicyclic) bond motifs is 3. The zero-order valence-corrected chi connectivity index (χ0v) is 13.8. The van der Waals surface area contributed by atoms with Gasteiger partial charge in [0.05, 0.1) is 11.2 Å². The maximum absolute atomic E-state index is 14.0. The summed E-state index contributed by atoms with van der Waals surface area (Å²) < 4.78 is 14.0. The van der Waals surface area contributed by atoms with Crippen LogP contribution in [0.25, 0.3) is 5.57 Å². The van der Waals surface area contributed by atoms with Crippen LogP contribution in [-0.4, -0.2) is 23.0 Å². The van der Waals surface area contributed by atoms with Crippen molar-refractivity contribution in [3.63, 3.8) is 0 Å². The summed E-state index contributed by atoms with van der Waals surface area (Å²) in [5, 5.41) is 3.79. The van der Waals surface area contributed by atoms with Gasteiger partial charge in [0.2, 0.25) is 5.91 Å². The molecule has 1 amide bonds. The van der Waals surface area contributed by atoms with Gasteiger partial charge in [-0.3, -0.25) is 9.80 Å². The number of rotatable bonds is 1. The fraction of sp³-hybridized carbons (Fsp3) is 0.250. The van der Waals surface area contributed by atoms with Gasteiger partial charge in [-0.2, -0.15) is 0 Å². The van der Waals surface area contributed by atoms with Gasteiger partial charge in [-0.1, -0.05) is 30.3 Å². The highest BCUT2D eigenvalue weighted by molar-refractivity contribution is 5.92. The van der Waals surface area contributed by atoms with Gasteiger partial charge in [0, 0.05) is 18.5 Å². The van der Waals surface area contributed by atoms with Crippen molar-refractivity contribution in [2.24, 2.45) is 0 Å². The van der Waals surface area contributed by atoms with E-state index in [0.717, 1.165) is 22.4 Å². The van der Waals surface area contributed by atoms with Crippen molar-refractivity contribution in [3.05, 3.63) is 71.6 Å². The molecule has 0 bridgehead atoms. The topological polar surface area (TPSA) is 23.6 Å². The Morgan fingerprint density at radius 2 is 1.83 bits per heavy atom. The summed E-state index contributed by atoms with van der Waals surface area (Å²) in [6, 6.07) is 14.7. The van der Waals surface area contributed by atoms with Crippen LogP contribution >= 0.6 is 0 Å². The summed E-state index contributed by atoms with van der Waals surface area (Å²) in [7, 11) is 0. The molecule has 2 aliphatic rings. The highest BCUT2D eigenvalue weighted by Crippen LogP contribution is 2.42. The highest BCUT2D eigenvalue weighted by Gasteiger charge is 2.42. The van der Waals surface area contributed by atoms with Crippen LogP contribution in [0.2, 0.25) is 0 Å². The Labute approximate surface area is 141 Å². The van der Waals surface area contributed by atoms with Crippen molar-refractivity contribution in [1.29, 1.82) is 0 Å². The Morgan fingerprint density at radius 3 is 2.58 bits per heavy atom. The zero-order valence-electron chi connectivity index (χ0n) is 13.8. The second-order valence-electron chi connectivity index (χ2n) is 6.82. The molecule has 0 aliphatic carbocycles. The van der Waals surface area contributed by atoms with E-state index in [-0.39, 0.29) is 11.7 Å². The Bertz CT molecular complexity index is 842. The molecule has 2 aromatic carbocycles. The number of carbonyl (C=O) groups is 1. The molecule has 122 valence electrons. The Morgan fingerprint density at radius 1 is 1.08 bits per heavy atom. The maximum atomic E-state index is 14.0. The lowest BCUT2D eigenvalue weighted by Crippen LogP contribution is -2.51. The highest BCUT2D eigenvalue weighted by atomic mass is 19.1. The van der Waals surface area contributed by atoms with Gasteiger partial charge in [-0.25, -0.2) is 9.40 Å². The summed E-state index contributed by atoms with van der Waals surface area (Å²) in [5.41, 5.74) is 3.19. The van der Waals surface area contributed by atoms with E-state index >= 15 is 0 Å². The van der Waals surface area contributed by atoms with Crippen molar-refractivity contribution in [3.8, 4) is 0 Å². The minimum absolute atomic E-state index is 0.0980. The second kappa shape index (κ2) is 5.20. The van der Waals surface area contributed by atoms with Gasteiger partial charge < -0.3 is 0 Å². The summed E-state index contributed by atoms with van der Waals surface area (Å²) >= 11 is 0. The van der Waals surface area contributed by atoms with Crippen LogP contribution < -0.4 is 5.01 Å². The molecule has 0 N–H and O–H groups in total. The Kier molecular flexibility index (Phi) is 3.23. The van der Waals surface area contributed by atoms with Crippen LogP contribution in [0.15, 0.2) is 54.6 Å². The number of anilines is 1. The predicted octanol–water partition coefficient (Wildman–Crippen LogP) is 4.00. The van der Waals surface area contributed by atoms with Crippen molar-refractivity contribution < 1.29 is 9.18 Å². The lowest BCUT2D eigenvalue weighted by atomic mass is 9.91. The number of nitrogens with zero attached hydrogens (tertiary/aromatic N) is 2. The van der Waals surface area contributed by atoms with E-state index in [9.17, 15) is 9.18 Å². The quantitative estimate of drug-likeness (QED) is 0.792. The predicted molar refractivity (Wildman–Crippen MR) is 92.8 cm³/mol. The molecular weight excluding hydrogens is 303 g/mol. The van der Waals surface area contributed by atoms with E-state index < -0.39 is 5.54 Å². The van der Waals surface area contributed by atoms with E-state index in [1.807, 2.05) is 49.2 Å². The number of benzene rings is 2. The van der Waals surface area contributed by atoms with Crippen LogP contribution in [0, 0.1) is 5.82 Å². The molecule has 2 heterocycles. The summed E-state index contributed by atoms with van der Waals surface area (Å²) in [6.07, 6.45) is 2.55. The normalized spacial score (nSPS) is 18.8. The van der Waals surface area contributed by atoms with E-state index in [1.165, 1.54) is 6.07 Å². The van der Waals surface area contributed by atoms with Gasteiger partial charge in [-0.15, -0.1) is 0 Å². The average molecular weight is 322 g/mol. The first-order valence-corrected chi connectivity index (χ1v) is 8.16. The van der Waals surface area contributed by atoms with Gasteiger partial charge in [0.1, 0.15) is 5.82 Å². The molecule has 1 fully saturated rings. The molecule has 0 saturated carbocycles. The molecule has 4 rings (SSSR count). The fourth-order valence-corrected chi connectivity index (χ4v) is 3.70. The Hall–Kier alpha value is -2.62. The van der Waals surface area contributed by atoms with E-state index in [0.29, 0.717) is 13.0 Å². The van der Waals surface area contributed by atoms with Crippen LogP contribution in [0.5, 0.6) is 0 Å². The minimum Gasteiger partial charge on any atom is -0.281 e. The lowest BCUT2D eigenvalue weighted by Gasteiger charge is -2.39. The molecule has 0 atom stereocenters. The fourth-order valence-electron chi connectivity index (χ4n) is 3.70. The third kappa shape index (κ3) is 2.21. The monoisotopic (exact) mass is 322 g/mol. The molecule has 0 unspecified atom stereocenters. The van der Waals surface area contributed by atoms with Crippen molar-refractivity contribution in [2.45, 2.75) is 25.8 Å². The standard InChI is InChI=1S/C20H19FN2O/c1-20(2)13-17(14-6-4-3-5-7-14)16-12-15(21)8-9-18(16)22-11-10-19(24)23(20)22/h3-9,12-13H,10-11H2,1-2H3. The van der Waals surface area contributed by atoms with Gasteiger partial charge in [0.15, 0.2) is 0 Å². The molecular formula is C20H19FN2O. The van der Waals surface area contributed by atoms with Crippen molar-refractivity contribution in [2.75, 3.05) is 11.6 Å². The molecule has 0 aromatic heterocycles. The average Bonchev–Trinajstić information content (AvgIpc) is 2.91. The Balaban J connectivity index is 2.01. The first kappa shape index (κ1) is 14.9. The van der Waals surface area contributed by atoms with Crippen molar-refractivity contribution in [1.82, 2.24) is 5.01 Å². The number of hydrazine groups is 1. The number of hydrogen-bond donors (Lipinski definition) is 0. The van der Waals surface area contributed by atoms with Crippen LogP contribution in [0.1, 0.15) is 31.4 Å². The number of carbonyl (C=O) groups excluding carboxylic acids is 1. The molecule has 0 radical (unpaired) electrons.